The van der Waals surface area contributed by atoms with Gasteiger partial charge in [-0.05, 0) is 19.3 Å². The zero-order valence-electron chi connectivity index (χ0n) is 9.28. The van der Waals surface area contributed by atoms with Gasteiger partial charge in [0.2, 0.25) is 10.0 Å². The van der Waals surface area contributed by atoms with Gasteiger partial charge in [0.15, 0.2) is 0 Å². The molecule has 1 aliphatic carbocycles. The van der Waals surface area contributed by atoms with Gasteiger partial charge in [-0.25, -0.2) is 8.42 Å². The van der Waals surface area contributed by atoms with E-state index in [0.29, 0.717) is 18.2 Å². The van der Waals surface area contributed by atoms with Crippen LogP contribution in [0.1, 0.15) is 26.2 Å². The van der Waals surface area contributed by atoms with Crippen LogP contribution in [-0.4, -0.2) is 44.2 Å². The number of sulfonamides is 1. The monoisotopic (exact) mass is 232 g/mol. The van der Waals surface area contributed by atoms with Gasteiger partial charge in [-0.2, -0.15) is 4.31 Å². The molecule has 0 aromatic carbocycles. The lowest BCUT2D eigenvalue weighted by Gasteiger charge is -2.32. The van der Waals surface area contributed by atoms with Crippen molar-refractivity contribution in [3.63, 3.8) is 0 Å². The molecule has 0 radical (unpaired) electrons. The molecular weight excluding hydrogens is 212 g/mol. The Kier molecular flexibility index (Phi) is 3.33. The Morgan fingerprint density at radius 3 is 2.73 bits per heavy atom. The van der Waals surface area contributed by atoms with Crippen molar-refractivity contribution in [2.75, 3.05) is 25.4 Å². The van der Waals surface area contributed by atoms with Crippen molar-refractivity contribution in [2.45, 2.75) is 32.2 Å². The minimum absolute atomic E-state index is 0.114. The van der Waals surface area contributed by atoms with Gasteiger partial charge in [0.25, 0.3) is 0 Å². The highest BCUT2D eigenvalue weighted by Crippen LogP contribution is 2.33. The van der Waals surface area contributed by atoms with E-state index in [1.54, 1.807) is 4.31 Å². The molecule has 88 valence electrons. The fourth-order valence-corrected chi connectivity index (χ4v) is 3.93. The highest BCUT2D eigenvalue weighted by Gasteiger charge is 2.31. The van der Waals surface area contributed by atoms with Crippen LogP contribution in [0.15, 0.2) is 0 Å². The molecule has 2 fully saturated rings. The highest BCUT2D eigenvalue weighted by molar-refractivity contribution is 7.89. The van der Waals surface area contributed by atoms with Crippen LogP contribution >= 0.6 is 0 Å². The Morgan fingerprint density at radius 1 is 1.40 bits per heavy atom. The average Bonchev–Trinajstić information content (AvgIpc) is 2.99. The number of nitrogens with one attached hydrogen (secondary N) is 1. The maximum absolute atomic E-state index is 12.0. The lowest BCUT2D eigenvalue weighted by molar-refractivity contribution is 0.283. The molecule has 2 rings (SSSR count). The third-order valence-electron chi connectivity index (χ3n) is 3.28. The maximum Gasteiger partial charge on any atom is 0.214 e. The molecule has 15 heavy (non-hydrogen) atoms. The van der Waals surface area contributed by atoms with Gasteiger partial charge < -0.3 is 5.32 Å². The molecule has 1 N–H and O–H groups in total. The summed E-state index contributed by atoms with van der Waals surface area (Å²) >= 11 is 0. The molecule has 0 amide bonds. The summed E-state index contributed by atoms with van der Waals surface area (Å²) in [5.41, 5.74) is 0. The smallest absolute Gasteiger partial charge is 0.214 e. The van der Waals surface area contributed by atoms with Crippen LogP contribution in [0, 0.1) is 5.92 Å². The Hall–Kier alpha value is -0.130. The van der Waals surface area contributed by atoms with Crippen LogP contribution in [0.2, 0.25) is 0 Å². The zero-order valence-corrected chi connectivity index (χ0v) is 10.1. The van der Waals surface area contributed by atoms with E-state index in [4.69, 9.17) is 0 Å². The molecule has 1 aliphatic heterocycles. The average molecular weight is 232 g/mol. The quantitative estimate of drug-likeness (QED) is 0.764. The summed E-state index contributed by atoms with van der Waals surface area (Å²) in [7, 11) is -2.99. The number of rotatable bonds is 4. The third kappa shape index (κ3) is 2.92. The summed E-state index contributed by atoms with van der Waals surface area (Å²) in [4.78, 5) is 0. The first kappa shape index (κ1) is 11.4. The number of nitrogens with zero attached hydrogens (tertiary/aromatic N) is 1. The first-order chi connectivity index (χ1) is 7.09. The van der Waals surface area contributed by atoms with Crippen LogP contribution in [0.4, 0.5) is 0 Å². The zero-order chi connectivity index (χ0) is 10.9. The standard InChI is InChI=1S/C10H20N2O2S/c1-9-8-11-5-6-12(9)15(13,14)7-4-10-2-3-10/h9-11H,2-8H2,1H3/t9-/m0/s1. The van der Waals surface area contributed by atoms with Gasteiger partial charge in [-0.3, -0.25) is 0 Å². The molecule has 1 saturated carbocycles. The minimum Gasteiger partial charge on any atom is -0.314 e. The largest absolute Gasteiger partial charge is 0.314 e. The van der Waals surface area contributed by atoms with Gasteiger partial charge in [0, 0.05) is 25.7 Å². The van der Waals surface area contributed by atoms with Crippen LogP contribution in [0.5, 0.6) is 0 Å². The predicted octanol–water partition coefficient (Wildman–Crippen LogP) is 0.410. The van der Waals surface area contributed by atoms with Crippen molar-refractivity contribution < 1.29 is 8.42 Å². The molecule has 1 atom stereocenters. The molecule has 1 heterocycles. The van der Waals surface area contributed by atoms with E-state index in [0.717, 1.165) is 19.5 Å². The van der Waals surface area contributed by atoms with Crippen molar-refractivity contribution >= 4 is 10.0 Å². The lowest BCUT2D eigenvalue weighted by Crippen LogP contribution is -2.52. The number of hydrogen-bond donors (Lipinski definition) is 1. The summed E-state index contributed by atoms with van der Waals surface area (Å²) in [6.07, 6.45) is 3.32. The van der Waals surface area contributed by atoms with E-state index < -0.39 is 10.0 Å². The molecule has 0 aromatic rings. The summed E-state index contributed by atoms with van der Waals surface area (Å²) in [5, 5.41) is 3.21. The number of piperazine rings is 1. The van der Waals surface area contributed by atoms with Crippen molar-refractivity contribution in [3.8, 4) is 0 Å². The fraction of sp³-hybridized carbons (Fsp3) is 1.00. The second kappa shape index (κ2) is 4.39. The summed E-state index contributed by atoms with van der Waals surface area (Å²) in [5.74, 6) is 1.04. The lowest BCUT2D eigenvalue weighted by atomic mass is 10.3. The van der Waals surface area contributed by atoms with Crippen molar-refractivity contribution in [1.29, 1.82) is 0 Å². The Balaban J connectivity index is 1.92. The van der Waals surface area contributed by atoms with Crippen LogP contribution in [0.3, 0.4) is 0 Å². The molecular formula is C10H20N2O2S. The molecule has 0 unspecified atom stereocenters. The van der Waals surface area contributed by atoms with E-state index in [2.05, 4.69) is 5.32 Å². The summed E-state index contributed by atoms with van der Waals surface area (Å²) in [6.45, 7) is 4.17. The second-order valence-corrected chi connectivity index (χ2v) is 6.75. The third-order valence-corrected chi connectivity index (χ3v) is 5.29. The van der Waals surface area contributed by atoms with Crippen molar-refractivity contribution in [3.05, 3.63) is 0 Å². The van der Waals surface area contributed by atoms with Crippen LogP contribution < -0.4 is 5.32 Å². The molecule has 1 saturated heterocycles. The SMILES string of the molecule is C[C@H]1CNCCN1S(=O)(=O)CCC1CC1. The molecule has 4 nitrogen and oxygen atoms in total. The van der Waals surface area contributed by atoms with Gasteiger partial charge in [-0.1, -0.05) is 12.8 Å². The van der Waals surface area contributed by atoms with Gasteiger partial charge in [-0.15, -0.1) is 0 Å². The van der Waals surface area contributed by atoms with Gasteiger partial charge in [0.05, 0.1) is 5.75 Å². The van der Waals surface area contributed by atoms with Crippen molar-refractivity contribution in [1.82, 2.24) is 9.62 Å². The fourth-order valence-electron chi connectivity index (χ4n) is 2.08. The minimum atomic E-state index is -2.99. The van der Waals surface area contributed by atoms with E-state index in [1.807, 2.05) is 6.92 Å². The van der Waals surface area contributed by atoms with Gasteiger partial charge in [0.1, 0.15) is 0 Å². The molecule has 2 aliphatic rings. The maximum atomic E-state index is 12.0. The molecule has 0 aromatic heterocycles. The Morgan fingerprint density at radius 2 is 2.13 bits per heavy atom. The Labute approximate surface area is 92.1 Å². The topological polar surface area (TPSA) is 49.4 Å². The van der Waals surface area contributed by atoms with E-state index in [1.165, 1.54) is 12.8 Å². The normalized spacial score (nSPS) is 29.3. The number of hydrogen-bond acceptors (Lipinski definition) is 3. The Bertz CT molecular complexity index is 311. The van der Waals surface area contributed by atoms with E-state index in [-0.39, 0.29) is 6.04 Å². The molecule has 5 heteroatoms. The summed E-state index contributed by atoms with van der Waals surface area (Å²) < 4.78 is 25.7. The predicted molar refractivity (Wildman–Crippen MR) is 60.2 cm³/mol. The van der Waals surface area contributed by atoms with E-state index >= 15 is 0 Å². The summed E-state index contributed by atoms with van der Waals surface area (Å²) in [6, 6.07) is 0.114. The second-order valence-electron chi connectivity index (χ2n) is 4.71. The highest BCUT2D eigenvalue weighted by atomic mass is 32.2. The molecule has 0 bridgehead atoms. The van der Waals surface area contributed by atoms with Crippen molar-refractivity contribution in [2.24, 2.45) is 5.92 Å². The van der Waals surface area contributed by atoms with Gasteiger partial charge >= 0.3 is 0 Å². The first-order valence-electron chi connectivity index (χ1n) is 5.80. The first-order valence-corrected chi connectivity index (χ1v) is 7.41. The van der Waals surface area contributed by atoms with Crippen LogP contribution in [0.25, 0.3) is 0 Å². The van der Waals surface area contributed by atoms with E-state index in [9.17, 15) is 8.42 Å². The van der Waals surface area contributed by atoms with Crippen LogP contribution in [-0.2, 0) is 10.0 Å². The molecule has 0 spiro atoms.